The molecule has 0 unspecified atom stereocenters. The van der Waals surface area contributed by atoms with Gasteiger partial charge in [-0.1, -0.05) is 115 Å². The van der Waals surface area contributed by atoms with Crippen molar-refractivity contribution in [2.24, 2.45) is 0 Å². The van der Waals surface area contributed by atoms with Gasteiger partial charge in [-0.2, -0.15) is 0 Å². The summed E-state index contributed by atoms with van der Waals surface area (Å²) in [5.74, 6) is 1.94. The molecule has 0 aliphatic carbocycles. The third kappa shape index (κ3) is 4.14. The smallest absolute Gasteiger partial charge is 0.164 e. The first-order valence-electron chi connectivity index (χ1n) is 13.6. The van der Waals surface area contributed by atoms with E-state index in [1.807, 2.05) is 60.7 Å². The van der Waals surface area contributed by atoms with E-state index in [9.17, 15) is 0 Å². The van der Waals surface area contributed by atoms with Crippen LogP contribution in [0.2, 0.25) is 0 Å². The van der Waals surface area contributed by atoms with Gasteiger partial charge in [0.25, 0.3) is 0 Å². The van der Waals surface area contributed by atoms with Gasteiger partial charge in [0.15, 0.2) is 17.5 Å². The van der Waals surface area contributed by atoms with Gasteiger partial charge in [0.1, 0.15) is 11.2 Å². The van der Waals surface area contributed by atoms with E-state index in [0.717, 1.165) is 55.1 Å². The molecular formula is C37H23N3O. The highest BCUT2D eigenvalue weighted by molar-refractivity contribution is 6.15. The molecule has 0 saturated carbocycles. The van der Waals surface area contributed by atoms with Crippen LogP contribution >= 0.6 is 0 Å². The van der Waals surface area contributed by atoms with E-state index in [1.54, 1.807) is 0 Å². The van der Waals surface area contributed by atoms with Crippen LogP contribution in [0.4, 0.5) is 0 Å². The van der Waals surface area contributed by atoms with E-state index in [2.05, 4.69) is 78.9 Å². The molecule has 0 saturated heterocycles. The number of fused-ring (bicyclic) bond motifs is 5. The normalized spacial score (nSPS) is 11.4. The maximum absolute atomic E-state index is 6.33. The number of hydrogen-bond donors (Lipinski definition) is 0. The van der Waals surface area contributed by atoms with Crippen LogP contribution < -0.4 is 0 Å². The summed E-state index contributed by atoms with van der Waals surface area (Å²) in [6.45, 7) is 0. The van der Waals surface area contributed by atoms with Gasteiger partial charge < -0.3 is 4.42 Å². The maximum Gasteiger partial charge on any atom is 0.164 e. The molecule has 0 atom stereocenters. The molecule has 0 bridgehead atoms. The summed E-state index contributed by atoms with van der Waals surface area (Å²) < 4.78 is 6.33. The monoisotopic (exact) mass is 525 g/mol. The summed E-state index contributed by atoms with van der Waals surface area (Å²) in [5, 5.41) is 4.53. The van der Waals surface area contributed by atoms with Crippen molar-refractivity contribution in [2.75, 3.05) is 0 Å². The van der Waals surface area contributed by atoms with Crippen LogP contribution in [0.25, 0.3) is 78.0 Å². The van der Waals surface area contributed by atoms with Gasteiger partial charge in [-0.15, -0.1) is 0 Å². The molecule has 4 nitrogen and oxygen atoms in total. The lowest BCUT2D eigenvalue weighted by Crippen LogP contribution is -2.00. The first-order chi connectivity index (χ1) is 20.3. The van der Waals surface area contributed by atoms with Crippen molar-refractivity contribution in [3.63, 3.8) is 0 Å². The minimum atomic E-state index is 0.640. The predicted octanol–water partition coefficient (Wildman–Crippen LogP) is 9.59. The Hall–Kier alpha value is -5.61. The van der Waals surface area contributed by atoms with E-state index >= 15 is 0 Å². The fourth-order valence-corrected chi connectivity index (χ4v) is 5.46. The first-order valence-corrected chi connectivity index (χ1v) is 13.6. The van der Waals surface area contributed by atoms with Crippen LogP contribution in [0.5, 0.6) is 0 Å². The SMILES string of the molecule is c1ccc(-c2nc(-c3ccccc3)nc(-c3cccc(-c4ccc5oc6c7ccccc7ccc6c5c4)c3)n2)cc1. The molecule has 8 rings (SSSR count). The molecule has 0 amide bonds. The first kappa shape index (κ1) is 23.3. The zero-order valence-corrected chi connectivity index (χ0v) is 22.0. The van der Waals surface area contributed by atoms with E-state index in [0.29, 0.717) is 17.5 Å². The molecule has 0 spiro atoms. The average molecular weight is 526 g/mol. The van der Waals surface area contributed by atoms with Crippen molar-refractivity contribution in [1.29, 1.82) is 0 Å². The molecule has 4 heteroatoms. The highest BCUT2D eigenvalue weighted by atomic mass is 16.3. The van der Waals surface area contributed by atoms with Gasteiger partial charge in [0.05, 0.1) is 0 Å². The minimum absolute atomic E-state index is 0.640. The van der Waals surface area contributed by atoms with Gasteiger partial charge in [-0.3, -0.25) is 0 Å². The van der Waals surface area contributed by atoms with Crippen LogP contribution in [0.1, 0.15) is 0 Å². The molecule has 0 N–H and O–H groups in total. The number of aromatic nitrogens is 3. The number of hydrogen-bond acceptors (Lipinski definition) is 4. The molecule has 0 fully saturated rings. The summed E-state index contributed by atoms with van der Waals surface area (Å²) in [6.07, 6.45) is 0. The zero-order chi connectivity index (χ0) is 27.2. The highest BCUT2D eigenvalue weighted by Crippen LogP contribution is 2.37. The Balaban J connectivity index is 1.26. The molecule has 6 aromatic carbocycles. The average Bonchev–Trinajstić information content (AvgIpc) is 3.44. The van der Waals surface area contributed by atoms with Gasteiger partial charge >= 0.3 is 0 Å². The third-order valence-electron chi connectivity index (χ3n) is 7.51. The van der Waals surface area contributed by atoms with Crippen molar-refractivity contribution >= 4 is 32.7 Å². The van der Waals surface area contributed by atoms with Crippen molar-refractivity contribution in [1.82, 2.24) is 15.0 Å². The molecule has 192 valence electrons. The number of furan rings is 1. The van der Waals surface area contributed by atoms with Gasteiger partial charge in [-0.05, 0) is 40.8 Å². The Bertz CT molecular complexity index is 2140. The van der Waals surface area contributed by atoms with Crippen LogP contribution in [-0.4, -0.2) is 15.0 Å². The van der Waals surface area contributed by atoms with Crippen LogP contribution in [0, 0.1) is 0 Å². The molecule has 41 heavy (non-hydrogen) atoms. The Morgan fingerprint density at radius 2 is 0.951 bits per heavy atom. The quantitative estimate of drug-likeness (QED) is 0.230. The summed E-state index contributed by atoms with van der Waals surface area (Å²) in [6, 6.07) is 47.5. The Morgan fingerprint density at radius 3 is 1.68 bits per heavy atom. The van der Waals surface area contributed by atoms with E-state index < -0.39 is 0 Å². The lowest BCUT2D eigenvalue weighted by molar-refractivity contribution is 0.672. The van der Waals surface area contributed by atoms with Crippen molar-refractivity contribution in [3.05, 3.63) is 140 Å². The topological polar surface area (TPSA) is 51.8 Å². The van der Waals surface area contributed by atoms with Crippen molar-refractivity contribution in [3.8, 4) is 45.3 Å². The van der Waals surface area contributed by atoms with Gasteiger partial charge in [0, 0.05) is 32.8 Å². The molecule has 0 aliphatic rings. The molecule has 2 aromatic heterocycles. The fraction of sp³-hybridized carbons (Fsp3) is 0. The summed E-state index contributed by atoms with van der Waals surface area (Å²) >= 11 is 0. The second-order valence-electron chi connectivity index (χ2n) is 10.1. The predicted molar refractivity (Wildman–Crippen MR) is 166 cm³/mol. The zero-order valence-electron chi connectivity index (χ0n) is 22.0. The van der Waals surface area contributed by atoms with E-state index in [1.165, 1.54) is 5.39 Å². The molecule has 2 heterocycles. The minimum Gasteiger partial charge on any atom is -0.455 e. The van der Waals surface area contributed by atoms with Crippen LogP contribution in [-0.2, 0) is 0 Å². The largest absolute Gasteiger partial charge is 0.455 e. The number of rotatable bonds is 4. The van der Waals surface area contributed by atoms with Gasteiger partial charge in [-0.25, -0.2) is 15.0 Å². The van der Waals surface area contributed by atoms with E-state index in [-0.39, 0.29) is 0 Å². The van der Waals surface area contributed by atoms with Crippen LogP contribution in [0.3, 0.4) is 0 Å². The Kier molecular flexibility index (Phi) is 5.42. The number of benzene rings is 6. The van der Waals surface area contributed by atoms with Gasteiger partial charge in [0.2, 0.25) is 0 Å². The van der Waals surface area contributed by atoms with Crippen molar-refractivity contribution < 1.29 is 4.42 Å². The third-order valence-corrected chi connectivity index (χ3v) is 7.51. The Morgan fingerprint density at radius 1 is 0.366 bits per heavy atom. The second-order valence-corrected chi connectivity index (χ2v) is 10.1. The molecule has 8 aromatic rings. The van der Waals surface area contributed by atoms with Crippen molar-refractivity contribution in [2.45, 2.75) is 0 Å². The summed E-state index contributed by atoms with van der Waals surface area (Å²) in [5.41, 5.74) is 6.84. The van der Waals surface area contributed by atoms with E-state index in [4.69, 9.17) is 19.4 Å². The fourth-order valence-electron chi connectivity index (χ4n) is 5.46. The molecule has 0 aliphatic heterocycles. The standard InChI is InChI=1S/C37H23N3O/c1-3-11-25(12-4-1)35-38-36(26-13-5-2-6-14-26)40-37(39-35)29-16-9-15-27(22-29)28-19-21-33-32(23-28)31-20-18-24-10-7-8-17-30(24)34(31)41-33/h1-23H. The maximum atomic E-state index is 6.33. The highest BCUT2D eigenvalue weighted by Gasteiger charge is 2.14. The summed E-state index contributed by atoms with van der Waals surface area (Å²) in [7, 11) is 0. The lowest BCUT2D eigenvalue weighted by atomic mass is 10.00. The Labute approximate surface area is 236 Å². The second kappa shape index (κ2) is 9.54. The summed E-state index contributed by atoms with van der Waals surface area (Å²) in [4.78, 5) is 14.6. The molecule has 0 radical (unpaired) electrons. The lowest BCUT2D eigenvalue weighted by Gasteiger charge is -2.09. The van der Waals surface area contributed by atoms with Crippen LogP contribution in [0.15, 0.2) is 144 Å². The molecular weight excluding hydrogens is 502 g/mol. The number of nitrogens with zero attached hydrogens (tertiary/aromatic N) is 3.